The molecule has 1 aromatic rings. The highest BCUT2D eigenvalue weighted by Gasteiger charge is 2.31. The van der Waals surface area contributed by atoms with Gasteiger partial charge >= 0.3 is 0 Å². The number of hydrogen-bond acceptors (Lipinski definition) is 4. The van der Waals surface area contributed by atoms with Crippen molar-refractivity contribution in [1.29, 1.82) is 0 Å². The summed E-state index contributed by atoms with van der Waals surface area (Å²) < 4.78 is 13.6. The van der Waals surface area contributed by atoms with Crippen LogP contribution in [0.2, 0.25) is 0 Å². The molecular weight excluding hydrogens is 267 g/mol. The minimum atomic E-state index is -0.949. The molecule has 0 unspecified atom stereocenters. The summed E-state index contributed by atoms with van der Waals surface area (Å²) in [5.41, 5.74) is -1.60. The molecule has 1 fully saturated rings. The number of hydrogen-bond donors (Lipinski definition) is 2. The molecule has 20 heavy (non-hydrogen) atoms. The quantitative estimate of drug-likeness (QED) is 0.650. The Hall–Kier alpha value is -2.02. The average Bonchev–Trinajstić information content (AvgIpc) is 2.83. The fourth-order valence-corrected chi connectivity index (χ4v) is 2.35. The predicted molar refractivity (Wildman–Crippen MR) is 68.8 cm³/mol. The molecule has 1 amide bonds. The number of halogens is 1. The molecule has 0 aliphatic heterocycles. The highest BCUT2D eigenvalue weighted by atomic mass is 19.1. The standard InChI is InChI=1S/C13H15FN2O4/c14-11-7-9(16(19)20)3-4-10(11)12(17)15-8-13(18)5-1-2-6-13/h3-4,7,18H,1-2,5-6,8H2,(H,15,17). The van der Waals surface area contributed by atoms with E-state index >= 15 is 0 Å². The molecule has 0 bridgehead atoms. The number of non-ortho nitro benzene ring substituents is 1. The first-order valence-electron chi connectivity index (χ1n) is 6.36. The maximum Gasteiger partial charge on any atom is 0.272 e. The number of aliphatic hydroxyl groups is 1. The van der Waals surface area contributed by atoms with Gasteiger partial charge < -0.3 is 10.4 Å². The molecule has 7 heteroatoms. The van der Waals surface area contributed by atoms with E-state index in [1.54, 1.807) is 0 Å². The third-order valence-corrected chi connectivity index (χ3v) is 3.52. The van der Waals surface area contributed by atoms with Crippen LogP contribution in [0.25, 0.3) is 0 Å². The minimum absolute atomic E-state index is 0.0578. The molecule has 0 saturated heterocycles. The third kappa shape index (κ3) is 3.11. The molecule has 6 nitrogen and oxygen atoms in total. The summed E-state index contributed by atoms with van der Waals surface area (Å²) in [5, 5.41) is 23.0. The Morgan fingerprint density at radius 2 is 2.10 bits per heavy atom. The molecule has 0 radical (unpaired) electrons. The summed E-state index contributed by atoms with van der Waals surface area (Å²) in [6, 6.07) is 2.85. The zero-order valence-corrected chi connectivity index (χ0v) is 10.8. The summed E-state index contributed by atoms with van der Waals surface area (Å²) in [7, 11) is 0. The number of nitrogens with one attached hydrogen (secondary N) is 1. The van der Waals surface area contributed by atoms with Gasteiger partial charge in [0.05, 0.1) is 22.2 Å². The van der Waals surface area contributed by atoms with Crippen molar-refractivity contribution in [2.45, 2.75) is 31.3 Å². The Bertz CT molecular complexity index is 541. The number of nitro benzene ring substituents is 1. The number of carbonyl (C=O) groups is 1. The van der Waals surface area contributed by atoms with Crippen LogP contribution in [-0.4, -0.2) is 28.1 Å². The van der Waals surface area contributed by atoms with Crippen LogP contribution in [0.1, 0.15) is 36.0 Å². The highest BCUT2D eigenvalue weighted by Crippen LogP contribution is 2.28. The Kier molecular flexibility index (Phi) is 3.99. The Morgan fingerprint density at radius 1 is 1.45 bits per heavy atom. The molecule has 108 valence electrons. The Labute approximate surface area is 114 Å². The van der Waals surface area contributed by atoms with Crippen molar-refractivity contribution >= 4 is 11.6 Å². The smallest absolute Gasteiger partial charge is 0.272 e. The van der Waals surface area contributed by atoms with Gasteiger partial charge in [0, 0.05) is 12.6 Å². The van der Waals surface area contributed by atoms with Crippen LogP contribution in [0.15, 0.2) is 18.2 Å². The van der Waals surface area contributed by atoms with Crippen molar-refractivity contribution in [2.75, 3.05) is 6.54 Å². The van der Waals surface area contributed by atoms with Crippen molar-refractivity contribution in [1.82, 2.24) is 5.32 Å². The Morgan fingerprint density at radius 3 is 2.65 bits per heavy atom. The van der Waals surface area contributed by atoms with Crippen LogP contribution in [0.4, 0.5) is 10.1 Å². The molecule has 1 aliphatic carbocycles. The summed E-state index contributed by atoms with van der Waals surface area (Å²) in [4.78, 5) is 21.6. The van der Waals surface area contributed by atoms with Gasteiger partial charge in [0.1, 0.15) is 5.82 Å². The van der Waals surface area contributed by atoms with Gasteiger partial charge in [0.25, 0.3) is 11.6 Å². The number of benzene rings is 1. The van der Waals surface area contributed by atoms with Crippen LogP contribution in [0, 0.1) is 15.9 Å². The molecule has 1 aromatic carbocycles. The second kappa shape index (κ2) is 5.54. The fraction of sp³-hybridized carbons (Fsp3) is 0.462. The normalized spacial score (nSPS) is 16.9. The van der Waals surface area contributed by atoms with E-state index in [4.69, 9.17) is 0 Å². The molecule has 2 rings (SSSR count). The van der Waals surface area contributed by atoms with Crippen molar-refractivity contribution in [3.63, 3.8) is 0 Å². The second-order valence-corrected chi connectivity index (χ2v) is 5.04. The summed E-state index contributed by atoms with van der Waals surface area (Å²) in [6.07, 6.45) is 3.02. The SMILES string of the molecule is O=C(NCC1(O)CCCC1)c1ccc([N+](=O)[O-])cc1F. The van der Waals surface area contributed by atoms with E-state index in [2.05, 4.69) is 5.32 Å². The average molecular weight is 282 g/mol. The minimum Gasteiger partial charge on any atom is -0.388 e. The van der Waals surface area contributed by atoms with E-state index in [-0.39, 0.29) is 12.1 Å². The van der Waals surface area contributed by atoms with Crippen LogP contribution < -0.4 is 5.32 Å². The maximum atomic E-state index is 13.6. The molecule has 0 spiro atoms. The lowest BCUT2D eigenvalue weighted by Crippen LogP contribution is -2.41. The predicted octanol–water partition coefficient (Wildman–Crippen LogP) is 1.77. The molecule has 1 aliphatic rings. The van der Waals surface area contributed by atoms with Gasteiger partial charge in [-0.2, -0.15) is 0 Å². The van der Waals surface area contributed by atoms with Gasteiger partial charge in [-0.15, -0.1) is 0 Å². The summed E-state index contributed by atoms with van der Waals surface area (Å²) >= 11 is 0. The lowest BCUT2D eigenvalue weighted by Gasteiger charge is -2.22. The van der Waals surface area contributed by atoms with Gasteiger partial charge in [0.2, 0.25) is 0 Å². The Balaban J connectivity index is 2.04. The number of carbonyl (C=O) groups excluding carboxylic acids is 1. The number of nitrogens with zero attached hydrogens (tertiary/aromatic N) is 1. The lowest BCUT2D eigenvalue weighted by atomic mass is 10.0. The monoisotopic (exact) mass is 282 g/mol. The largest absolute Gasteiger partial charge is 0.388 e. The molecule has 1 saturated carbocycles. The van der Waals surface area contributed by atoms with Gasteiger partial charge in [0.15, 0.2) is 0 Å². The van der Waals surface area contributed by atoms with Crippen molar-refractivity contribution < 1.29 is 19.2 Å². The number of nitro groups is 1. The van der Waals surface area contributed by atoms with Crippen molar-refractivity contribution in [2.24, 2.45) is 0 Å². The zero-order chi connectivity index (χ0) is 14.8. The summed E-state index contributed by atoms with van der Waals surface area (Å²) in [5.74, 6) is -1.63. The van der Waals surface area contributed by atoms with Gasteiger partial charge in [-0.3, -0.25) is 14.9 Å². The molecule has 2 N–H and O–H groups in total. The van der Waals surface area contributed by atoms with Gasteiger partial charge in [-0.1, -0.05) is 12.8 Å². The van der Waals surface area contributed by atoms with Crippen LogP contribution in [-0.2, 0) is 0 Å². The van der Waals surface area contributed by atoms with E-state index in [1.165, 1.54) is 0 Å². The van der Waals surface area contributed by atoms with E-state index in [9.17, 15) is 24.4 Å². The molecule has 0 heterocycles. The third-order valence-electron chi connectivity index (χ3n) is 3.52. The first-order chi connectivity index (χ1) is 9.41. The van der Waals surface area contributed by atoms with E-state index < -0.39 is 27.9 Å². The van der Waals surface area contributed by atoms with Crippen LogP contribution in [0.5, 0.6) is 0 Å². The van der Waals surface area contributed by atoms with Gasteiger partial charge in [-0.05, 0) is 18.9 Å². The molecule has 0 atom stereocenters. The van der Waals surface area contributed by atoms with E-state index in [1.807, 2.05) is 0 Å². The first-order valence-corrected chi connectivity index (χ1v) is 6.36. The number of amides is 1. The first kappa shape index (κ1) is 14.4. The lowest BCUT2D eigenvalue weighted by molar-refractivity contribution is -0.385. The fourth-order valence-electron chi connectivity index (χ4n) is 2.35. The van der Waals surface area contributed by atoms with Crippen molar-refractivity contribution in [3.8, 4) is 0 Å². The summed E-state index contributed by atoms with van der Waals surface area (Å²) in [6.45, 7) is 0.0578. The molecule has 0 aromatic heterocycles. The molecular formula is C13H15FN2O4. The van der Waals surface area contributed by atoms with Gasteiger partial charge in [-0.25, -0.2) is 4.39 Å². The van der Waals surface area contributed by atoms with Crippen LogP contribution in [0.3, 0.4) is 0 Å². The zero-order valence-electron chi connectivity index (χ0n) is 10.8. The van der Waals surface area contributed by atoms with E-state index in [0.29, 0.717) is 18.9 Å². The van der Waals surface area contributed by atoms with Crippen LogP contribution >= 0.6 is 0 Å². The topological polar surface area (TPSA) is 92.5 Å². The number of rotatable bonds is 4. The van der Waals surface area contributed by atoms with E-state index in [0.717, 1.165) is 25.0 Å². The highest BCUT2D eigenvalue weighted by molar-refractivity contribution is 5.94. The second-order valence-electron chi connectivity index (χ2n) is 5.04. The van der Waals surface area contributed by atoms with Crippen molar-refractivity contribution in [3.05, 3.63) is 39.7 Å². The maximum absolute atomic E-state index is 13.6.